The summed E-state index contributed by atoms with van der Waals surface area (Å²) in [6, 6.07) is 9.03. The Labute approximate surface area is 101 Å². The Kier molecular flexibility index (Phi) is 4.97. The summed E-state index contributed by atoms with van der Waals surface area (Å²) in [5.74, 6) is 0.0832. The molecule has 1 aromatic carbocycles. The third kappa shape index (κ3) is 3.75. The molecule has 0 spiro atoms. The molecule has 0 bridgehead atoms. The van der Waals surface area contributed by atoms with E-state index in [1.165, 1.54) is 4.90 Å². The van der Waals surface area contributed by atoms with Crippen LogP contribution in [0.5, 0.6) is 0 Å². The summed E-state index contributed by atoms with van der Waals surface area (Å²) in [5.41, 5.74) is 0.925. The zero-order valence-corrected chi connectivity index (χ0v) is 10.2. The van der Waals surface area contributed by atoms with Crippen LogP contribution in [-0.4, -0.2) is 33.9 Å². The molecule has 0 saturated carbocycles. The van der Waals surface area contributed by atoms with E-state index in [0.29, 0.717) is 6.54 Å². The van der Waals surface area contributed by atoms with E-state index in [1.54, 1.807) is 0 Å². The van der Waals surface area contributed by atoms with E-state index in [4.69, 9.17) is 0 Å². The number of amides is 1. The molecular weight excluding hydrogens is 218 g/mol. The number of benzene rings is 1. The molecular formula is C13H19NO3. The maximum Gasteiger partial charge on any atom is 0.407 e. The normalized spacial score (nSPS) is 12.5. The van der Waals surface area contributed by atoms with Gasteiger partial charge in [0.1, 0.15) is 0 Å². The minimum Gasteiger partial charge on any atom is -0.465 e. The highest BCUT2D eigenvalue weighted by Crippen LogP contribution is 2.14. The summed E-state index contributed by atoms with van der Waals surface area (Å²) < 4.78 is 0. The topological polar surface area (TPSA) is 60.8 Å². The minimum absolute atomic E-state index is 0.0832. The zero-order valence-electron chi connectivity index (χ0n) is 10.2. The standard InChI is InChI=1S/C13H19NO3/c1-10(2)12(9-15)14(13(16)17)8-11-6-4-3-5-7-11/h3-7,10,12,15H,8-9H2,1-2H3,(H,16,17)/t12-/m0/s1. The van der Waals surface area contributed by atoms with Crippen molar-refractivity contribution in [2.45, 2.75) is 26.4 Å². The van der Waals surface area contributed by atoms with Gasteiger partial charge in [0.25, 0.3) is 0 Å². The van der Waals surface area contributed by atoms with E-state index >= 15 is 0 Å². The lowest BCUT2D eigenvalue weighted by molar-refractivity contribution is 0.0739. The first kappa shape index (κ1) is 13.5. The Morgan fingerprint density at radius 1 is 1.29 bits per heavy atom. The summed E-state index contributed by atoms with van der Waals surface area (Å²) in [7, 11) is 0. The predicted molar refractivity (Wildman–Crippen MR) is 65.7 cm³/mol. The molecule has 0 aliphatic rings. The van der Waals surface area contributed by atoms with Gasteiger partial charge in [-0.3, -0.25) is 4.90 Å². The van der Waals surface area contributed by atoms with Crippen molar-refractivity contribution in [3.8, 4) is 0 Å². The fourth-order valence-corrected chi connectivity index (χ4v) is 1.78. The second-order valence-corrected chi connectivity index (χ2v) is 4.39. The molecule has 1 amide bonds. The maximum atomic E-state index is 11.2. The van der Waals surface area contributed by atoms with Crippen LogP contribution in [-0.2, 0) is 6.54 Å². The van der Waals surface area contributed by atoms with Crippen LogP contribution < -0.4 is 0 Å². The van der Waals surface area contributed by atoms with Crippen LogP contribution in [0.4, 0.5) is 4.79 Å². The van der Waals surface area contributed by atoms with Crippen molar-refractivity contribution in [1.29, 1.82) is 0 Å². The Hall–Kier alpha value is -1.55. The van der Waals surface area contributed by atoms with Crippen molar-refractivity contribution >= 4 is 6.09 Å². The smallest absolute Gasteiger partial charge is 0.407 e. The SMILES string of the molecule is CC(C)[C@H](CO)N(Cc1ccccc1)C(=O)O. The molecule has 1 rings (SSSR count). The van der Waals surface area contributed by atoms with E-state index in [1.807, 2.05) is 44.2 Å². The van der Waals surface area contributed by atoms with Gasteiger partial charge in [0.2, 0.25) is 0 Å². The Balaban J connectivity index is 2.83. The van der Waals surface area contributed by atoms with Gasteiger partial charge in [-0.2, -0.15) is 0 Å². The molecule has 1 aromatic rings. The molecule has 1 atom stereocenters. The molecule has 0 unspecified atom stereocenters. The summed E-state index contributed by atoms with van der Waals surface area (Å²) >= 11 is 0. The van der Waals surface area contributed by atoms with Crippen LogP contribution in [0.3, 0.4) is 0 Å². The molecule has 0 heterocycles. The fourth-order valence-electron chi connectivity index (χ4n) is 1.78. The van der Waals surface area contributed by atoms with Gasteiger partial charge in [-0.15, -0.1) is 0 Å². The Morgan fingerprint density at radius 3 is 2.29 bits per heavy atom. The van der Waals surface area contributed by atoms with Gasteiger partial charge < -0.3 is 10.2 Å². The third-order valence-corrected chi connectivity index (χ3v) is 2.80. The number of nitrogens with zero attached hydrogens (tertiary/aromatic N) is 1. The van der Waals surface area contributed by atoms with Gasteiger partial charge in [-0.25, -0.2) is 4.79 Å². The monoisotopic (exact) mass is 237 g/mol. The fraction of sp³-hybridized carbons (Fsp3) is 0.462. The molecule has 17 heavy (non-hydrogen) atoms. The molecule has 94 valence electrons. The zero-order chi connectivity index (χ0) is 12.8. The molecule has 2 N–H and O–H groups in total. The van der Waals surface area contributed by atoms with E-state index in [0.717, 1.165) is 5.56 Å². The molecule has 4 heteroatoms. The highest BCUT2D eigenvalue weighted by Gasteiger charge is 2.25. The van der Waals surface area contributed by atoms with Gasteiger partial charge in [0.05, 0.1) is 12.6 Å². The van der Waals surface area contributed by atoms with E-state index < -0.39 is 6.09 Å². The number of hydrogen-bond donors (Lipinski definition) is 2. The number of rotatable bonds is 5. The first-order valence-electron chi connectivity index (χ1n) is 5.70. The first-order valence-corrected chi connectivity index (χ1v) is 5.70. The molecule has 0 saturated heterocycles. The van der Waals surface area contributed by atoms with Gasteiger partial charge >= 0.3 is 6.09 Å². The van der Waals surface area contributed by atoms with Crippen molar-refractivity contribution in [3.05, 3.63) is 35.9 Å². The van der Waals surface area contributed by atoms with E-state index in [9.17, 15) is 15.0 Å². The van der Waals surface area contributed by atoms with Gasteiger partial charge in [0.15, 0.2) is 0 Å². The van der Waals surface area contributed by atoms with Gasteiger partial charge in [-0.05, 0) is 11.5 Å². The number of aliphatic hydroxyl groups is 1. The molecule has 0 aromatic heterocycles. The van der Waals surface area contributed by atoms with E-state index in [-0.39, 0.29) is 18.6 Å². The quantitative estimate of drug-likeness (QED) is 0.825. The lowest BCUT2D eigenvalue weighted by atomic mass is 10.0. The van der Waals surface area contributed by atoms with Crippen LogP contribution in [0.15, 0.2) is 30.3 Å². The Morgan fingerprint density at radius 2 is 1.88 bits per heavy atom. The van der Waals surface area contributed by atoms with Gasteiger partial charge in [-0.1, -0.05) is 44.2 Å². The average Bonchev–Trinajstić information content (AvgIpc) is 2.29. The van der Waals surface area contributed by atoms with E-state index in [2.05, 4.69) is 0 Å². The summed E-state index contributed by atoms with van der Waals surface area (Å²) in [6.07, 6.45) is -0.999. The highest BCUT2D eigenvalue weighted by molar-refractivity contribution is 5.65. The van der Waals surface area contributed by atoms with Crippen molar-refractivity contribution in [2.24, 2.45) is 5.92 Å². The van der Waals surface area contributed by atoms with Crippen LogP contribution in [0.2, 0.25) is 0 Å². The van der Waals surface area contributed by atoms with Crippen LogP contribution >= 0.6 is 0 Å². The average molecular weight is 237 g/mol. The van der Waals surface area contributed by atoms with Crippen LogP contribution in [0, 0.1) is 5.92 Å². The van der Waals surface area contributed by atoms with Crippen LogP contribution in [0.1, 0.15) is 19.4 Å². The van der Waals surface area contributed by atoms with Crippen LogP contribution in [0.25, 0.3) is 0 Å². The third-order valence-electron chi connectivity index (χ3n) is 2.80. The largest absolute Gasteiger partial charge is 0.465 e. The molecule has 0 fully saturated rings. The molecule has 0 aliphatic heterocycles. The number of carboxylic acid groups (broad SMARTS) is 1. The molecule has 4 nitrogen and oxygen atoms in total. The number of carbonyl (C=O) groups is 1. The summed E-state index contributed by atoms with van der Waals surface area (Å²) in [6.45, 7) is 3.96. The Bertz CT molecular complexity index is 351. The van der Waals surface area contributed by atoms with Crippen molar-refractivity contribution in [1.82, 2.24) is 4.90 Å². The van der Waals surface area contributed by atoms with Crippen molar-refractivity contribution in [3.63, 3.8) is 0 Å². The lowest BCUT2D eigenvalue weighted by Gasteiger charge is -2.30. The summed E-state index contributed by atoms with van der Waals surface area (Å²) in [4.78, 5) is 12.5. The molecule has 0 radical (unpaired) electrons. The highest BCUT2D eigenvalue weighted by atomic mass is 16.4. The van der Waals surface area contributed by atoms with Gasteiger partial charge in [0, 0.05) is 6.54 Å². The number of aliphatic hydroxyl groups excluding tert-OH is 1. The second kappa shape index (κ2) is 6.25. The first-order chi connectivity index (χ1) is 8.06. The number of hydrogen-bond acceptors (Lipinski definition) is 2. The lowest BCUT2D eigenvalue weighted by Crippen LogP contribution is -2.44. The second-order valence-electron chi connectivity index (χ2n) is 4.39. The predicted octanol–water partition coefficient (Wildman–Crippen LogP) is 2.18. The van der Waals surface area contributed by atoms with Crippen molar-refractivity contribution in [2.75, 3.05) is 6.61 Å². The summed E-state index contributed by atoms with van der Waals surface area (Å²) in [5, 5.41) is 18.5. The maximum absolute atomic E-state index is 11.2. The minimum atomic E-state index is -0.999. The van der Waals surface area contributed by atoms with Crippen molar-refractivity contribution < 1.29 is 15.0 Å². The molecule has 0 aliphatic carbocycles.